The van der Waals surface area contributed by atoms with Crippen molar-refractivity contribution >= 4 is 23.9 Å². The highest BCUT2D eigenvalue weighted by Crippen LogP contribution is 2.29. The summed E-state index contributed by atoms with van der Waals surface area (Å²) in [6.45, 7) is 0.00881. The lowest BCUT2D eigenvalue weighted by molar-refractivity contribution is -0.160. The molecule has 0 unspecified atom stereocenters. The van der Waals surface area contributed by atoms with Gasteiger partial charge in [0.15, 0.2) is 0 Å². The molecule has 0 N–H and O–H groups in total. The standard InChI is InChI=1S/C24H28O8/c25-21-17-9-1-2-10-18(17)22(26)30-14-7-8-16-32-24(28)20-12-4-3-11-19(20)23(27)31-15-6-5-13-29-21/h1-8,17-20H,9-16H2/b6-5+,8-7+/t17-,18+,19+,20-. The summed E-state index contributed by atoms with van der Waals surface area (Å²) < 4.78 is 21.1. The Hall–Kier alpha value is -3.16. The molecule has 4 atom stereocenters. The van der Waals surface area contributed by atoms with E-state index in [-0.39, 0.29) is 26.4 Å². The highest BCUT2D eigenvalue weighted by molar-refractivity contribution is 5.83. The monoisotopic (exact) mass is 444 g/mol. The first-order chi connectivity index (χ1) is 15.6. The van der Waals surface area contributed by atoms with Crippen LogP contribution < -0.4 is 0 Å². The van der Waals surface area contributed by atoms with Crippen molar-refractivity contribution in [1.82, 2.24) is 0 Å². The van der Waals surface area contributed by atoms with E-state index in [0.717, 1.165) is 0 Å². The van der Waals surface area contributed by atoms with Gasteiger partial charge in [-0.15, -0.1) is 0 Å². The SMILES string of the molecule is O=C1OC/C=C/COC(=O)[C@@H]2CC=CC[C@@H]2C(=O)OC/C=C/COC(=O)[C@@H]2CC=CC[C@H]12. The van der Waals surface area contributed by atoms with Gasteiger partial charge < -0.3 is 18.9 Å². The first-order valence-corrected chi connectivity index (χ1v) is 10.8. The molecule has 1 heterocycles. The molecule has 1 aliphatic heterocycles. The zero-order valence-corrected chi connectivity index (χ0v) is 17.9. The number of cyclic esters (lactones) is 4. The molecule has 0 aromatic carbocycles. The van der Waals surface area contributed by atoms with E-state index in [1.165, 1.54) is 0 Å². The van der Waals surface area contributed by atoms with Crippen LogP contribution >= 0.6 is 0 Å². The second-order valence-corrected chi connectivity index (χ2v) is 7.77. The molecule has 0 radical (unpaired) electrons. The summed E-state index contributed by atoms with van der Waals surface area (Å²) in [5.74, 6) is -4.29. The molecule has 0 amide bonds. The second kappa shape index (κ2) is 12.0. The number of allylic oxidation sites excluding steroid dienone is 4. The largest absolute Gasteiger partial charge is 0.461 e. The number of carbonyl (C=O) groups excluding carboxylic acids is 4. The molecule has 0 saturated heterocycles. The first-order valence-electron chi connectivity index (χ1n) is 10.8. The van der Waals surface area contributed by atoms with Gasteiger partial charge in [-0.25, -0.2) is 0 Å². The molecule has 32 heavy (non-hydrogen) atoms. The molecule has 3 aliphatic rings. The molecule has 172 valence electrons. The maximum Gasteiger partial charge on any atom is 0.310 e. The third kappa shape index (κ3) is 6.42. The molecule has 0 saturated carbocycles. The van der Waals surface area contributed by atoms with Crippen LogP contribution in [0.15, 0.2) is 48.6 Å². The van der Waals surface area contributed by atoms with Crippen LogP contribution in [0.25, 0.3) is 0 Å². The number of ether oxygens (including phenoxy) is 4. The molecule has 0 spiro atoms. The summed E-state index contributed by atoms with van der Waals surface area (Å²) in [5, 5.41) is 0. The van der Waals surface area contributed by atoms with Crippen molar-refractivity contribution in [3.05, 3.63) is 48.6 Å². The predicted octanol–water partition coefficient (Wildman–Crippen LogP) is 2.45. The van der Waals surface area contributed by atoms with Crippen LogP contribution in [0.2, 0.25) is 0 Å². The van der Waals surface area contributed by atoms with Crippen molar-refractivity contribution in [2.45, 2.75) is 25.7 Å². The van der Waals surface area contributed by atoms with E-state index >= 15 is 0 Å². The summed E-state index contributed by atoms with van der Waals surface area (Å²) in [7, 11) is 0. The lowest BCUT2D eigenvalue weighted by Gasteiger charge is -2.25. The van der Waals surface area contributed by atoms with Crippen molar-refractivity contribution in [3.8, 4) is 0 Å². The molecule has 2 aliphatic carbocycles. The van der Waals surface area contributed by atoms with Crippen LogP contribution in [0, 0.1) is 23.7 Å². The van der Waals surface area contributed by atoms with Gasteiger partial charge >= 0.3 is 23.9 Å². The maximum absolute atomic E-state index is 12.5. The van der Waals surface area contributed by atoms with Crippen LogP contribution in [-0.2, 0) is 38.1 Å². The van der Waals surface area contributed by atoms with Crippen LogP contribution in [0.3, 0.4) is 0 Å². The minimum Gasteiger partial charge on any atom is -0.461 e. The summed E-state index contributed by atoms with van der Waals surface area (Å²) in [4.78, 5) is 49.8. The lowest BCUT2D eigenvalue weighted by atomic mass is 9.83. The molecule has 0 aromatic heterocycles. The smallest absolute Gasteiger partial charge is 0.310 e. The maximum atomic E-state index is 12.5. The third-order valence-corrected chi connectivity index (χ3v) is 5.70. The van der Waals surface area contributed by atoms with Crippen LogP contribution in [-0.4, -0.2) is 50.3 Å². The molecule has 0 aromatic rings. The van der Waals surface area contributed by atoms with E-state index in [1.807, 2.05) is 24.3 Å². The van der Waals surface area contributed by atoms with Gasteiger partial charge in [0.2, 0.25) is 0 Å². The average Bonchev–Trinajstić information content (AvgIpc) is 2.82. The Bertz CT molecular complexity index is 690. The summed E-state index contributed by atoms with van der Waals surface area (Å²) >= 11 is 0. The van der Waals surface area contributed by atoms with Crippen molar-refractivity contribution in [3.63, 3.8) is 0 Å². The summed E-state index contributed by atoms with van der Waals surface area (Å²) in [6, 6.07) is 0. The minimum atomic E-state index is -0.606. The molecular weight excluding hydrogens is 416 g/mol. The van der Waals surface area contributed by atoms with Crippen LogP contribution in [0.4, 0.5) is 0 Å². The molecule has 3 rings (SSSR count). The van der Waals surface area contributed by atoms with E-state index in [2.05, 4.69) is 0 Å². The number of esters is 4. The molecule has 0 bridgehead atoms. The molecular formula is C24H28O8. The Morgan fingerprint density at radius 3 is 0.844 bits per heavy atom. The highest BCUT2D eigenvalue weighted by Gasteiger charge is 2.37. The van der Waals surface area contributed by atoms with Gasteiger partial charge in [-0.05, 0) is 50.0 Å². The van der Waals surface area contributed by atoms with Crippen molar-refractivity contribution < 1.29 is 38.1 Å². The van der Waals surface area contributed by atoms with Gasteiger partial charge in [0.25, 0.3) is 0 Å². The quantitative estimate of drug-likeness (QED) is 0.319. The Labute approximate surface area is 186 Å². The molecule has 8 nitrogen and oxygen atoms in total. The Morgan fingerprint density at radius 2 is 0.625 bits per heavy atom. The van der Waals surface area contributed by atoms with E-state index in [0.29, 0.717) is 25.7 Å². The minimum absolute atomic E-state index is 0.00220. The van der Waals surface area contributed by atoms with Crippen molar-refractivity contribution in [2.24, 2.45) is 23.7 Å². The summed E-state index contributed by atoms with van der Waals surface area (Å²) in [6.07, 6.45) is 15.3. The van der Waals surface area contributed by atoms with Crippen LogP contribution in [0.5, 0.6) is 0 Å². The van der Waals surface area contributed by atoms with Crippen molar-refractivity contribution in [2.75, 3.05) is 26.4 Å². The number of hydrogen-bond donors (Lipinski definition) is 0. The average molecular weight is 444 g/mol. The van der Waals surface area contributed by atoms with E-state index in [1.54, 1.807) is 24.3 Å². The Balaban J connectivity index is 1.67. The second-order valence-electron chi connectivity index (χ2n) is 7.77. The van der Waals surface area contributed by atoms with E-state index in [4.69, 9.17) is 18.9 Å². The van der Waals surface area contributed by atoms with Gasteiger partial charge in [0.05, 0.1) is 23.7 Å². The molecule has 8 heteroatoms. The van der Waals surface area contributed by atoms with Crippen molar-refractivity contribution in [1.29, 1.82) is 0 Å². The lowest BCUT2D eigenvalue weighted by Crippen LogP contribution is -2.34. The fourth-order valence-electron chi connectivity index (χ4n) is 3.89. The fourth-order valence-corrected chi connectivity index (χ4v) is 3.89. The predicted molar refractivity (Wildman–Crippen MR) is 113 cm³/mol. The first kappa shape index (κ1) is 23.5. The van der Waals surface area contributed by atoms with Gasteiger partial charge in [-0.3, -0.25) is 19.2 Å². The Morgan fingerprint density at radius 1 is 0.406 bits per heavy atom. The van der Waals surface area contributed by atoms with E-state index in [9.17, 15) is 19.2 Å². The number of fused-ring (bicyclic) bond motifs is 2. The van der Waals surface area contributed by atoms with E-state index < -0.39 is 47.5 Å². The fraction of sp³-hybridized carbons (Fsp3) is 0.500. The zero-order valence-electron chi connectivity index (χ0n) is 17.9. The number of hydrogen-bond acceptors (Lipinski definition) is 8. The van der Waals surface area contributed by atoms with Gasteiger partial charge in [0.1, 0.15) is 26.4 Å². The van der Waals surface area contributed by atoms with Gasteiger partial charge in [-0.2, -0.15) is 0 Å². The number of rotatable bonds is 0. The normalized spacial score (nSPS) is 32.2. The Kier molecular flexibility index (Phi) is 8.83. The topological polar surface area (TPSA) is 105 Å². The third-order valence-electron chi connectivity index (χ3n) is 5.70. The van der Waals surface area contributed by atoms with Gasteiger partial charge in [-0.1, -0.05) is 24.3 Å². The van der Waals surface area contributed by atoms with Crippen LogP contribution in [0.1, 0.15) is 25.7 Å². The molecule has 0 fully saturated rings. The summed E-state index contributed by atoms with van der Waals surface area (Å²) in [5.41, 5.74) is 0. The van der Waals surface area contributed by atoms with Gasteiger partial charge in [0, 0.05) is 0 Å². The number of carbonyl (C=O) groups is 4. The highest BCUT2D eigenvalue weighted by atomic mass is 16.5. The zero-order chi connectivity index (χ0) is 22.8.